The van der Waals surface area contributed by atoms with Gasteiger partial charge in [-0.05, 0) is 46.0 Å². The van der Waals surface area contributed by atoms with Crippen LogP contribution in [0.15, 0.2) is 181 Å². The van der Waals surface area contributed by atoms with Crippen molar-refractivity contribution in [2.24, 2.45) is 0 Å². The fourth-order valence-electron chi connectivity index (χ4n) is 8.79. The summed E-state index contributed by atoms with van der Waals surface area (Å²) in [7, 11) is 0. The molecular weight excluding hydrogens is 952 g/mol. The number of thioether (sulfide) groups is 1. The van der Waals surface area contributed by atoms with Crippen LogP contribution in [-0.4, -0.2) is 91.8 Å². The number of hydrogen-bond acceptors (Lipinski definition) is 12. The van der Waals surface area contributed by atoms with E-state index in [4.69, 9.17) is 42.6 Å². The molecule has 0 aliphatic carbocycles. The predicted octanol–water partition coefficient (Wildman–Crippen LogP) is 9.39. The third-order valence-electron chi connectivity index (χ3n) is 12.3. The smallest absolute Gasteiger partial charge is 0.454 e. The van der Waals surface area contributed by atoms with Gasteiger partial charge < -0.3 is 47.9 Å². The number of hydrogen-bond donors (Lipinski definition) is 1. The molecule has 2 saturated heterocycles. The number of esters is 1. The van der Waals surface area contributed by atoms with Crippen molar-refractivity contribution in [2.45, 2.75) is 105 Å². The minimum absolute atomic E-state index is 0.0296. The quantitative estimate of drug-likeness (QED) is 0.0875. The van der Waals surface area contributed by atoms with Gasteiger partial charge in [-0.2, -0.15) is 13.2 Å². The maximum atomic E-state index is 14.6. The van der Waals surface area contributed by atoms with Crippen molar-refractivity contribution < 1.29 is 65.4 Å². The van der Waals surface area contributed by atoms with E-state index in [1.54, 1.807) is 48.5 Å². The van der Waals surface area contributed by atoms with Gasteiger partial charge in [-0.15, -0.1) is 0 Å². The molecule has 0 bridgehead atoms. The first-order valence-corrected chi connectivity index (χ1v) is 24.5. The van der Waals surface area contributed by atoms with E-state index in [1.807, 2.05) is 121 Å². The molecule has 2 fully saturated rings. The van der Waals surface area contributed by atoms with Crippen molar-refractivity contribution in [3.05, 3.63) is 209 Å². The predicted molar refractivity (Wildman–Crippen MR) is 259 cm³/mol. The Morgan fingerprint density at radius 2 is 1.07 bits per heavy atom. The molecule has 16 heteroatoms. The first-order chi connectivity index (χ1) is 35.2. The molecule has 1 amide bonds. The summed E-state index contributed by atoms with van der Waals surface area (Å²) in [6.45, 7) is 0.194. The van der Waals surface area contributed by atoms with Gasteiger partial charge in [0.05, 0.1) is 51.8 Å². The lowest BCUT2D eigenvalue weighted by molar-refractivity contribution is -0.352. The first-order valence-electron chi connectivity index (χ1n) is 23.7. The molecule has 3 heterocycles. The van der Waals surface area contributed by atoms with Crippen LogP contribution in [0.2, 0.25) is 0 Å². The molecule has 0 unspecified atom stereocenters. The minimum atomic E-state index is -5.32. The van der Waals surface area contributed by atoms with E-state index in [1.165, 1.54) is 6.07 Å². The molecule has 10 atom stereocenters. The lowest BCUT2D eigenvalue weighted by Crippen LogP contribution is -2.68. The first kappa shape index (κ1) is 51.0. The van der Waals surface area contributed by atoms with E-state index in [0.29, 0.717) is 10.5 Å². The number of amides is 1. The van der Waals surface area contributed by atoms with Crippen LogP contribution in [0.5, 0.6) is 0 Å². The topological polar surface area (TPSA) is 129 Å². The molecule has 0 radical (unpaired) electrons. The third-order valence-corrected chi connectivity index (χ3v) is 13.5. The number of rotatable bonds is 17. The van der Waals surface area contributed by atoms with E-state index >= 15 is 0 Å². The van der Waals surface area contributed by atoms with E-state index < -0.39 is 78.5 Å². The molecular formula is C56H54F3NO11S. The van der Waals surface area contributed by atoms with Crippen LogP contribution in [0.4, 0.5) is 13.2 Å². The zero-order valence-corrected chi connectivity index (χ0v) is 39.8. The highest BCUT2D eigenvalue weighted by molar-refractivity contribution is 7.99. The second-order valence-corrected chi connectivity index (χ2v) is 18.6. The lowest BCUT2D eigenvalue weighted by Gasteiger charge is -2.50. The number of carbonyl (C=O) groups is 2. The molecule has 0 spiro atoms. The summed E-state index contributed by atoms with van der Waals surface area (Å²) in [5.74, 6) is -3.16. The van der Waals surface area contributed by atoms with Crippen LogP contribution in [-0.2, 0) is 80.5 Å². The molecule has 1 N–H and O–H groups in total. The summed E-state index contributed by atoms with van der Waals surface area (Å²) < 4.78 is 104. The van der Waals surface area contributed by atoms with Crippen LogP contribution in [0.1, 0.15) is 38.2 Å². The van der Waals surface area contributed by atoms with Crippen molar-refractivity contribution >= 4 is 23.6 Å². The standard InChI is InChI=1S/C56H54F3NO11S/c57-56(58,59)55(62)60-46-49-48(45(36-64-31-38-20-8-2-9-21-38)69-54(46)72-42-27-14-5-15-28-42)71-53-51(67-34-41-26-16-17-29-43(41)52(61)70-49)50(66-33-40-24-12-4-13-25-40)47(65-32-39-22-10-3-11-23-39)44(68-53)35-63-30-37-18-6-1-7-19-37/h1-29,44-51,53-54H,30-36H2,(H,60,62)/t44-,45-,46-,47-,48-,49-,50+,51-,53-,54+/m1/s1. The average Bonchev–Trinajstić information content (AvgIpc) is 3.42. The van der Waals surface area contributed by atoms with Crippen molar-refractivity contribution in [3.8, 4) is 0 Å². The number of benzene rings is 6. The lowest BCUT2D eigenvalue weighted by atomic mass is 9.95. The van der Waals surface area contributed by atoms with Gasteiger partial charge in [-0.3, -0.25) is 4.79 Å². The Labute approximate surface area is 420 Å². The zero-order valence-electron chi connectivity index (χ0n) is 39.0. The Hall–Kier alpha value is -5.92. The van der Waals surface area contributed by atoms with Crippen molar-refractivity contribution in [3.63, 3.8) is 0 Å². The molecule has 72 heavy (non-hydrogen) atoms. The molecule has 0 saturated carbocycles. The fourth-order valence-corrected chi connectivity index (χ4v) is 9.94. The van der Waals surface area contributed by atoms with Crippen molar-refractivity contribution in [1.82, 2.24) is 5.32 Å². The van der Waals surface area contributed by atoms with Gasteiger partial charge in [0.25, 0.3) is 0 Å². The van der Waals surface area contributed by atoms with Crippen LogP contribution in [0.25, 0.3) is 0 Å². The molecule has 12 nitrogen and oxygen atoms in total. The van der Waals surface area contributed by atoms with Gasteiger partial charge in [-0.25, -0.2) is 4.79 Å². The van der Waals surface area contributed by atoms with Gasteiger partial charge in [0.1, 0.15) is 48.1 Å². The van der Waals surface area contributed by atoms with Gasteiger partial charge in [0.2, 0.25) is 0 Å². The van der Waals surface area contributed by atoms with E-state index in [9.17, 15) is 22.8 Å². The summed E-state index contributed by atoms with van der Waals surface area (Å²) in [4.78, 5) is 28.4. The monoisotopic (exact) mass is 1010 g/mol. The van der Waals surface area contributed by atoms with Gasteiger partial charge in [-0.1, -0.05) is 169 Å². The molecule has 3 aliphatic rings. The Morgan fingerprint density at radius 1 is 0.569 bits per heavy atom. The van der Waals surface area contributed by atoms with Gasteiger partial charge in [0, 0.05) is 4.90 Å². The minimum Gasteiger partial charge on any atom is -0.454 e. The Balaban J connectivity index is 1.15. The second kappa shape index (κ2) is 24.7. The molecule has 0 aromatic heterocycles. The van der Waals surface area contributed by atoms with Crippen molar-refractivity contribution in [1.29, 1.82) is 0 Å². The molecule has 376 valence electrons. The molecule has 9 rings (SSSR count). The highest BCUT2D eigenvalue weighted by Crippen LogP contribution is 2.40. The number of ether oxygens (including phenoxy) is 9. The Bertz CT molecular complexity index is 2620. The largest absolute Gasteiger partial charge is 0.471 e. The number of halogens is 3. The summed E-state index contributed by atoms with van der Waals surface area (Å²) in [5, 5.41) is 2.14. The Kier molecular flexibility index (Phi) is 17.5. The van der Waals surface area contributed by atoms with Crippen LogP contribution in [0.3, 0.4) is 0 Å². The van der Waals surface area contributed by atoms with Gasteiger partial charge in [0.15, 0.2) is 12.4 Å². The zero-order chi connectivity index (χ0) is 49.7. The van der Waals surface area contributed by atoms with E-state index in [-0.39, 0.29) is 51.8 Å². The Morgan fingerprint density at radius 3 is 1.64 bits per heavy atom. The fraction of sp³-hybridized carbons (Fsp3) is 0.321. The molecule has 6 aromatic rings. The number of carbonyl (C=O) groups excluding carboxylic acids is 2. The van der Waals surface area contributed by atoms with E-state index in [0.717, 1.165) is 34.0 Å². The van der Waals surface area contributed by atoms with Crippen LogP contribution >= 0.6 is 11.8 Å². The highest BCUT2D eigenvalue weighted by atomic mass is 32.2. The molecule has 3 aliphatic heterocycles. The summed E-state index contributed by atoms with van der Waals surface area (Å²) >= 11 is 1.05. The van der Waals surface area contributed by atoms with E-state index in [2.05, 4.69) is 5.32 Å². The summed E-state index contributed by atoms with van der Waals surface area (Å²) in [5.41, 5.74) is 2.68. The normalized spacial score (nSPS) is 25.4. The SMILES string of the molecule is O=C1O[C@@H]2[C@@H](NC(=O)C(F)(F)F)[C@H](Sc3ccccc3)O[C@H](COCc3ccccc3)[C@H]2O[C@H]2O[C@H](COCc3ccccc3)[C@@H](OCc3ccccc3)[C@H](OCc3ccccc3)[C@H]2OCc2ccccc21. The van der Waals surface area contributed by atoms with Crippen molar-refractivity contribution in [2.75, 3.05) is 13.2 Å². The number of alkyl halides is 3. The maximum Gasteiger partial charge on any atom is 0.471 e. The average molecular weight is 1010 g/mol. The third kappa shape index (κ3) is 13.4. The summed E-state index contributed by atoms with van der Waals surface area (Å²) in [6.07, 6.45) is -14.9. The number of fused-ring (bicyclic) bond motifs is 3. The van der Waals surface area contributed by atoms with Crippen LogP contribution in [0, 0.1) is 0 Å². The second-order valence-electron chi connectivity index (χ2n) is 17.4. The highest BCUT2D eigenvalue weighted by Gasteiger charge is 2.56. The van der Waals surface area contributed by atoms with Gasteiger partial charge >= 0.3 is 18.1 Å². The number of nitrogens with one attached hydrogen (secondary N) is 1. The summed E-state index contributed by atoms with van der Waals surface area (Å²) in [6, 6.07) is 51.9. The maximum absolute atomic E-state index is 14.6. The molecule has 6 aromatic carbocycles. The van der Waals surface area contributed by atoms with Crippen LogP contribution < -0.4 is 5.32 Å².